The van der Waals surface area contributed by atoms with Crippen molar-refractivity contribution >= 4 is 10.8 Å². The van der Waals surface area contributed by atoms with Crippen molar-refractivity contribution in [1.82, 2.24) is 19.9 Å². The fourth-order valence-electron chi connectivity index (χ4n) is 8.69. The Balaban J connectivity index is 1.29. The van der Waals surface area contributed by atoms with Gasteiger partial charge in [0.2, 0.25) is 0 Å². The van der Waals surface area contributed by atoms with Gasteiger partial charge in [-0.05, 0) is 57.0 Å². The lowest BCUT2D eigenvalue weighted by Crippen LogP contribution is -2.32. The van der Waals surface area contributed by atoms with Crippen LogP contribution in [0, 0.1) is 0 Å². The van der Waals surface area contributed by atoms with Crippen LogP contribution in [0.2, 0.25) is 0 Å². The molecule has 1 aliphatic heterocycles. The number of ether oxygens (including phenoxy) is 1. The highest BCUT2D eigenvalue weighted by Gasteiger charge is 2.52. The van der Waals surface area contributed by atoms with Crippen LogP contribution in [-0.2, 0) is 5.41 Å². The maximum Gasteiger partial charge on any atom is 0.164 e. The lowest BCUT2D eigenvalue weighted by atomic mass is 9.66. The molecule has 252 valence electrons. The molecular weight excluding hydrogens is 661 g/mol. The first kappa shape index (κ1) is 30.4. The number of hydrogen-bond acceptors (Lipinski definition) is 5. The topological polar surface area (TPSA) is 60.8 Å². The molecule has 0 fully saturated rings. The summed E-state index contributed by atoms with van der Waals surface area (Å²) in [6.07, 6.45) is 3.82. The van der Waals surface area contributed by atoms with E-state index in [2.05, 4.69) is 138 Å². The molecule has 5 heteroatoms. The molecular formula is C49H30N4O. The van der Waals surface area contributed by atoms with Crippen molar-refractivity contribution < 1.29 is 4.74 Å². The van der Waals surface area contributed by atoms with Crippen molar-refractivity contribution in [2.75, 3.05) is 0 Å². The number of para-hydroxylation sites is 2. The Kier molecular flexibility index (Phi) is 6.70. The molecule has 0 amide bonds. The highest BCUT2D eigenvalue weighted by atomic mass is 16.5. The molecule has 1 spiro atoms. The zero-order valence-corrected chi connectivity index (χ0v) is 29.0. The molecule has 0 saturated heterocycles. The summed E-state index contributed by atoms with van der Waals surface area (Å²) >= 11 is 0. The zero-order valence-electron chi connectivity index (χ0n) is 29.0. The number of pyridine rings is 1. The maximum absolute atomic E-state index is 6.67. The van der Waals surface area contributed by atoms with E-state index in [0.29, 0.717) is 17.5 Å². The van der Waals surface area contributed by atoms with Gasteiger partial charge in [0, 0.05) is 45.6 Å². The highest BCUT2D eigenvalue weighted by molar-refractivity contribution is 6.06. The van der Waals surface area contributed by atoms with Crippen LogP contribution >= 0.6 is 0 Å². The largest absolute Gasteiger partial charge is 0.457 e. The molecule has 0 atom stereocenters. The first-order valence-corrected chi connectivity index (χ1v) is 18.1. The number of rotatable bonds is 4. The third kappa shape index (κ3) is 4.39. The maximum atomic E-state index is 6.67. The first-order chi connectivity index (χ1) is 26.8. The van der Waals surface area contributed by atoms with Crippen molar-refractivity contribution in [3.8, 4) is 67.9 Å². The number of aromatic nitrogens is 4. The van der Waals surface area contributed by atoms with Crippen LogP contribution in [0.15, 0.2) is 182 Å². The van der Waals surface area contributed by atoms with Gasteiger partial charge in [0.1, 0.15) is 11.5 Å². The normalized spacial score (nSPS) is 13.1. The number of hydrogen-bond donors (Lipinski definition) is 0. The number of nitrogens with zero attached hydrogens (tertiary/aromatic N) is 4. The summed E-state index contributed by atoms with van der Waals surface area (Å²) in [6, 6.07) is 59.2. The van der Waals surface area contributed by atoms with Crippen LogP contribution in [0.3, 0.4) is 0 Å². The van der Waals surface area contributed by atoms with Gasteiger partial charge in [0.25, 0.3) is 0 Å². The monoisotopic (exact) mass is 690 g/mol. The van der Waals surface area contributed by atoms with Crippen LogP contribution in [0.25, 0.3) is 67.2 Å². The van der Waals surface area contributed by atoms with Gasteiger partial charge in [-0.1, -0.05) is 152 Å². The Morgan fingerprint density at radius 1 is 0.389 bits per heavy atom. The standard InChI is InChI=1S/C49H30N4O/c1-3-14-31(15-4-1)46-51-47(32-16-5-2-6-17-32)53-48(52-46)37-21-13-25-41-45(37)44-36(35-19-11-18-33-30-50-29-28-34(33)35)20-12-24-40(44)49(41)38-22-7-9-26-42(38)54-43-27-10-8-23-39(43)49/h1-30H. The minimum atomic E-state index is -0.675. The van der Waals surface area contributed by atoms with E-state index in [9.17, 15) is 0 Å². The molecule has 0 unspecified atom stereocenters. The van der Waals surface area contributed by atoms with Crippen LogP contribution in [0.4, 0.5) is 0 Å². The lowest BCUT2D eigenvalue weighted by Gasteiger charge is -2.39. The summed E-state index contributed by atoms with van der Waals surface area (Å²) in [5.41, 5.74) is 11.2. The van der Waals surface area contributed by atoms with E-state index >= 15 is 0 Å². The summed E-state index contributed by atoms with van der Waals surface area (Å²) < 4.78 is 6.67. The van der Waals surface area contributed by atoms with Crippen molar-refractivity contribution in [3.63, 3.8) is 0 Å². The van der Waals surface area contributed by atoms with Crippen LogP contribution in [0.5, 0.6) is 11.5 Å². The van der Waals surface area contributed by atoms with Gasteiger partial charge >= 0.3 is 0 Å². The molecule has 2 aromatic heterocycles. The molecule has 7 aromatic carbocycles. The summed E-state index contributed by atoms with van der Waals surface area (Å²) in [6.45, 7) is 0. The van der Waals surface area contributed by atoms with Gasteiger partial charge in [-0.15, -0.1) is 0 Å². The van der Waals surface area contributed by atoms with E-state index in [1.54, 1.807) is 0 Å². The molecule has 54 heavy (non-hydrogen) atoms. The third-order valence-corrected chi connectivity index (χ3v) is 10.9. The van der Waals surface area contributed by atoms with Gasteiger partial charge in [0.15, 0.2) is 17.5 Å². The lowest BCUT2D eigenvalue weighted by molar-refractivity contribution is 0.436. The minimum absolute atomic E-state index is 0.619. The fraction of sp³-hybridized carbons (Fsp3) is 0.0204. The third-order valence-electron chi connectivity index (χ3n) is 10.9. The minimum Gasteiger partial charge on any atom is -0.457 e. The second-order valence-electron chi connectivity index (χ2n) is 13.7. The summed E-state index contributed by atoms with van der Waals surface area (Å²) in [5.74, 6) is 3.57. The summed E-state index contributed by atoms with van der Waals surface area (Å²) in [4.78, 5) is 20.0. The number of benzene rings is 7. The Morgan fingerprint density at radius 2 is 0.889 bits per heavy atom. The van der Waals surface area contributed by atoms with Gasteiger partial charge in [0.05, 0.1) is 5.41 Å². The predicted octanol–water partition coefficient (Wildman–Crippen LogP) is 11.6. The summed E-state index contributed by atoms with van der Waals surface area (Å²) in [7, 11) is 0. The van der Waals surface area contributed by atoms with Gasteiger partial charge in [-0.2, -0.15) is 0 Å². The van der Waals surface area contributed by atoms with Crippen molar-refractivity contribution in [1.29, 1.82) is 0 Å². The van der Waals surface area contributed by atoms with Crippen molar-refractivity contribution in [2.24, 2.45) is 0 Å². The molecule has 0 bridgehead atoms. The van der Waals surface area contributed by atoms with E-state index in [-0.39, 0.29) is 0 Å². The van der Waals surface area contributed by atoms with Crippen LogP contribution in [-0.4, -0.2) is 19.9 Å². The molecule has 2 aliphatic rings. The van der Waals surface area contributed by atoms with E-state index in [4.69, 9.17) is 19.7 Å². The quantitative estimate of drug-likeness (QED) is 0.184. The van der Waals surface area contributed by atoms with Gasteiger partial charge in [-0.25, -0.2) is 15.0 Å². The zero-order chi connectivity index (χ0) is 35.6. The van der Waals surface area contributed by atoms with Crippen LogP contribution < -0.4 is 4.74 Å². The molecule has 5 nitrogen and oxygen atoms in total. The highest BCUT2D eigenvalue weighted by Crippen LogP contribution is 2.64. The van der Waals surface area contributed by atoms with E-state index in [0.717, 1.165) is 77.9 Å². The van der Waals surface area contributed by atoms with Gasteiger partial charge < -0.3 is 4.74 Å². The number of fused-ring (bicyclic) bond motifs is 10. The molecule has 0 N–H and O–H groups in total. The second kappa shape index (κ2) is 11.9. The molecule has 3 heterocycles. The predicted molar refractivity (Wildman–Crippen MR) is 214 cm³/mol. The Morgan fingerprint density at radius 3 is 1.54 bits per heavy atom. The average molecular weight is 691 g/mol. The Labute approximate surface area is 312 Å². The Bertz CT molecular complexity index is 2810. The second-order valence-corrected chi connectivity index (χ2v) is 13.7. The molecule has 1 aliphatic carbocycles. The molecule has 9 aromatic rings. The molecule has 11 rings (SSSR count). The summed E-state index contributed by atoms with van der Waals surface area (Å²) in [5, 5.41) is 2.24. The van der Waals surface area contributed by atoms with E-state index in [1.165, 1.54) is 5.56 Å². The van der Waals surface area contributed by atoms with Crippen molar-refractivity contribution in [2.45, 2.75) is 5.41 Å². The van der Waals surface area contributed by atoms with Crippen molar-refractivity contribution in [3.05, 3.63) is 205 Å². The average Bonchev–Trinajstić information content (AvgIpc) is 3.55. The smallest absolute Gasteiger partial charge is 0.164 e. The van der Waals surface area contributed by atoms with Crippen LogP contribution in [0.1, 0.15) is 22.3 Å². The fourth-order valence-corrected chi connectivity index (χ4v) is 8.69. The SMILES string of the molecule is c1ccc(-c2nc(-c3ccccc3)nc(-c3cccc4c3-c3c(-c5cccc6cnccc56)cccc3C43c4ccccc4Oc4ccccc43)n2)cc1. The Hall–Kier alpha value is -7.24. The van der Waals surface area contributed by atoms with Gasteiger partial charge in [-0.3, -0.25) is 4.98 Å². The van der Waals surface area contributed by atoms with E-state index < -0.39 is 5.41 Å². The van der Waals surface area contributed by atoms with E-state index in [1.807, 2.05) is 48.8 Å². The molecule has 0 saturated carbocycles. The first-order valence-electron chi connectivity index (χ1n) is 18.1. The molecule has 0 radical (unpaired) electrons.